The number of carbonyl (C=O) groups excluding carboxylic acids is 1. The minimum Gasteiger partial charge on any atom is -0.490 e. The molecule has 1 heterocycles. The number of amides is 1. The fourth-order valence-corrected chi connectivity index (χ4v) is 4.39. The first-order valence-corrected chi connectivity index (χ1v) is 10.5. The molecule has 0 spiro atoms. The second-order valence-corrected chi connectivity index (χ2v) is 8.05. The van der Waals surface area contributed by atoms with Crippen LogP contribution in [0.4, 0.5) is 0 Å². The van der Waals surface area contributed by atoms with Gasteiger partial charge in [-0.05, 0) is 43.2 Å². The molecule has 3 rings (SSSR count). The summed E-state index contributed by atoms with van der Waals surface area (Å²) in [6.45, 7) is 5.21. The average Bonchev–Trinajstić information content (AvgIpc) is 2.94. The molecule has 0 radical (unpaired) electrons. The third-order valence-electron chi connectivity index (χ3n) is 4.05. The third kappa shape index (κ3) is 4.69. The molecule has 1 aliphatic rings. The molecule has 0 atom stereocenters. The molecule has 7 heteroatoms. The van der Waals surface area contributed by atoms with Gasteiger partial charge in [-0.15, -0.1) is 0 Å². The topological polar surface area (TPSA) is 38.8 Å². The summed E-state index contributed by atoms with van der Waals surface area (Å²) >= 11 is 13.0. The van der Waals surface area contributed by atoms with Crippen molar-refractivity contribution in [3.8, 4) is 11.5 Å². The fourth-order valence-electron chi connectivity index (χ4n) is 2.73. The Hall–Kier alpha value is -2.02. The average molecular weight is 434 g/mol. The third-order valence-corrected chi connectivity index (χ3v) is 5.70. The Labute approximate surface area is 179 Å². The van der Waals surface area contributed by atoms with Gasteiger partial charge in [0.15, 0.2) is 11.5 Å². The van der Waals surface area contributed by atoms with Crippen molar-refractivity contribution >= 4 is 51.9 Å². The minimum absolute atomic E-state index is 0.0870. The quantitative estimate of drug-likeness (QED) is 0.423. The predicted octanol–water partition coefficient (Wildman–Crippen LogP) is 5.54. The maximum atomic E-state index is 12.4. The van der Waals surface area contributed by atoms with E-state index in [1.54, 1.807) is 17.0 Å². The van der Waals surface area contributed by atoms with Gasteiger partial charge in [0.2, 0.25) is 0 Å². The highest BCUT2D eigenvalue weighted by Gasteiger charge is 2.30. The van der Waals surface area contributed by atoms with Crippen molar-refractivity contribution in [1.29, 1.82) is 0 Å². The van der Waals surface area contributed by atoms with E-state index in [1.807, 2.05) is 50.2 Å². The van der Waals surface area contributed by atoms with Crippen LogP contribution in [0.3, 0.4) is 0 Å². The lowest BCUT2D eigenvalue weighted by Crippen LogP contribution is -2.27. The second-order valence-electron chi connectivity index (χ2n) is 5.96. The Morgan fingerprint density at radius 2 is 1.93 bits per heavy atom. The zero-order valence-electron chi connectivity index (χ0n) is 15.6. The van der Waals surface area contributed by atoms with Crippen molar-refractivity contribution in [1.82, 2.24) is 4.90 Å². The van der Waals surface area contributed by atoms with Crippen molar-refractivity contribution in [2.24, 2.45) is 0 Å². The smallest absolute Gasteiger partial charge is 0.266 e. The Kier molecular flexibility index (Phi) is 6.99. The summed E-state index contributed by atoms with van der Waals surface area (Å²) in [5, 5.41) is 0.430. The number of nitrogens with zero attached hydrogens (tertiary/aromatic N) is 1. The Morgan fingerprint density at radius 3 is 2.57 bits per heavy atom. The molecule has 4 nitrogen and oxygen atoms in total. The van der Waals surface area contributed by atoms with Crippen LogP contribution in [0, 0.1) is 0 Å². The van der Waals surface area contributed by atoms with E-state index >= 15 is 0 Å². The summed E-state index contributed by atoms with van der Waals surface area (Å²) in [5.41, 5.74) is 1.80. The van der Waals surface area contributed by atoms with Gasteiger partial charge in [0.05, 0.1) is 16.5 Å². The molecule has 1 amide bonds. The number of hydrogen-bond acceptors (Lipinski definition) is 5. The number of benzene rings is 2. The van der Waals surface area contributed by atoms with Crippen LogP contribution in [-0.4, -0.2) is 28.3 Å². The van der Waals surface area contributed by atoms with Crippen LogP contribution in [0.25, 0.3) is 6.08 Å². The Balaban J connectivity index is 1.87. The summed E-state index contributed by atoms with van der Waals surface area (Å²) in [6.07, 6.45) is 1.78. The lowest BCUT2D eigenvalue weighted by molar-refractivity contribution is -0.121. The number of thioether (sulfide) groups is 1. The number of rotatable bonds is 7. The second kappa shape index (κ2) is 9.45. The van der Waals surface area contributed by atoms with E-state index in [9.17, 15) is 4.79 Å². The maximum absolute atomic E-state index is 12.4. The van der Waals surface area contributed by atoms with Gasteiger partial charge >= 0.3 is 0 Å². The van der Waals surface area contributed by atoms with Gasteiger partial charge in [0.1, 0.15) is 10.9 Å². The van der Waals surface area contributed by atoms with Gasteiger partial charge in [-0.25, -0.2) is 0 Å². The van der Waals surface area contributed by atoms with Crippen LogP contribution in [-0.2, 0) is 11.4 Å². The number of hydrogen-bond donors (Lipinski definition) is 0. The lowest BCUT2D eigenvalue weighted by Gasteiger charge is -2.15. The SMILES string of the molecule is CCOc1cc(C=C2SC(=S)N(CC)C2=O)cc(Cl)c1OCc1ccccc1. The van der Waals surface area contributed by atoms with E-state index in [0.29, 0.717) is 45.5 Å². The fraction of sp³-hybridized carbons (Fsp3) is 0.238. The summed E-state index contributed by atoms with van der Waals surface area (Å²) in [5.74, 6) is 0.949. The normalized spacial score (nSPS) is 15.4. The molecule has 28 heavy (non-hydrogen) atoms. The summed E-state index contributed by atoms with van der Waals surface area (Å²) in [6, 6.07) is 13.4. The molecule has 0 saturated carbocycles. The maximum Gasteiger partial charge on any atom is 0.266 e. The number of carbonyl (C=O) groups is 1. The van der Waals surface area contributed by atoms with Crippen molar-refractivity contribution in [2.75, 3.05) is 13.2 Å². The number of thiocarbonyl (C=S) groups is 1. The molecular weight excluding hydrogens is 414 g/mol. The van der Waals surface area contributed by atoms with E-state index < -0.39 is 0 Å². The Morgan fingerprint density at radius 1 is 1.18 bits per heavy atom. The standard InChI is InChI=1S/C21H20ClNO3S2/c1-3-23-20(24)18(28-21(23)27)12-15-10-16(22)19(17(11-15)25-4-2)26-13-14-8-6-5-7-9-14/h5-12H,3-4,13H2,1-2H3. The molecule has 146 valence electrons. The molecule has 2 aromatic rings. The molecule has 0 aromatic heterocycles. The van der Waals surface area contributed by atoms with E-state index in [4.69, 9.17) is 33.3 Å². The van der Waals surface area contributed by atoms with E-state index in [1.165, 1.54) is 11.8 Å². The predicted molar refractivity (Wildman–Crippen MR) is 119 cm³/mol. The number of ether oxygens (including phenoxy) is 2. The highest BCUT2D eigenvalue weighted by atomic mass is 35.5. The van der Waals surface area contributed by atoms with Gasteiger partial charge in [-0.2, -0.15) is 0 Å². The number of likely N-dealkylation sites (N-methyl/N-ethyl adjacent to an activating group) is 1. The van der Waals surface area contributed by atoms with Crippen LogP contribution < -0.4 is 9.47 Å². The first-order chi connectivity index (χ1) is 13.5. The van der Waals surface area contributed by atoms with E-state index in [-0.39, 0.29) is 5.91 Å². The van der Waals surface area contributed by atoms with Gasteiger partial charge in [0.25, 0.3) is 5.91 Å². The zero-order valence-corrected chi connectivity index (χ0v) is 18.0. The summed E-state index contributed by atoms with van der Waals surface area (Å²) in [7, 11) is 0. The van der Waals surface area contributed by atoms with Crippen LogP contribution in [0.5, 0.6) is 11.5 Å². The monoisotopic (exact) mass is 433 g/mol. The van der Waals surface area contributed by atoms with E-state index in [0.717, 1.165) is 11.1 Å². The van der Waals surface area contributed by atoms with Gasteiger partial charge < -0.3 is 9.47 Å². The molecule has 2 aromatic carbocycles. The van der Waals surface area contributed by atoms with Crippen molar-refractivity contribution < 1.29 is 14.3 Å². The first-order valence-electron chi connectivity index (χ1n) is 8.92. The highest BCUT2D eigenvalue weighted by Crippen LogP contribution is 2.39. The molecule has 0 bridgehead atoms. The molecule has 1 saturated heterocycles. The van der Waals surface area contributed by atoms with Crippen molar-refractivity contribution in [3.63, 3.8) is 0 Å². The molecule has 0 aliphatic carbocycles. The Bertz CT molecular complexity index is 915. The highest BCUT2D eigenvalue weighted by molar-refractivity contribution is 8.26. The summed E-state index contributed by atoms with van der Waals surface area (Å²) < 4.78 is 12.2. The lowest BCUT2D eigenvalue weighted by atomic mass is 10.1. The van der Waals surface area contributed by atoms with Crippen LogP contribution in [0.15, 0.2) is 47.4 Å². The van der Waals surface area contributed by atoms with Crippen LogP contribution in [0.1, 0.15) is 25.0 Å². The van der Waals surface area contributed by atoms with Gasteiger partial charge in [-0.1, -0.05) is 65.9 Å². The molecular formula is C21H20ClNO3S2. The zero-order chi connectivity index (χ0) is 20.1. The first kappa shape index (κ1) is 20.7. The number of halogens is 1. The van der Waals surface area contributed by atoms with Crippen molar-refractivity contribution in [3.05, 3.63) is 63.5 Å². The minimum atomic E-state index is -0.0870. The molecule has 0 N–H and O–H groups in total. The van der Waals surface area contributed by atoms with Gasteiger partial charge in [-0.3, -0.25) is 9.69 Å². The van der Waals surface area contributed by atoms with Gasteiger partial charge in [0, 0.05) is 6.54 Å². The van der Waals surface area contributed by atoms with Crippen LogP contribution in [0.2, 0.25) is 5.02 Å². The van der Waals surface area contributed by atoms with Crippen LogP contribution >= 0.6 is 35.6 Å². The van der Waals surface area contributed by atoms with E-state index in [2.05, 4.69) is 0 Å². The molecule has 1 fully saturated rings. The molecule has 1 aliphatic heterocycles. The summed E-state index contributed by atoms with van der Waals surface area (Å²) in [4.78, 5) is 14.6. The molecule has 0 unspecified atom stereocenters. The van der Waals surface area contributed by atoms with Crippen molar-refractivity contribution in [2.45, 2.75) is 20.5 Å². The largest absolute Gasteiger partial charge is 0.490 e.